The molecule has 1 aromatic rings. The van der Waals surface area contributed by atoms with Crippen LogP contribution in [0.25, 0.3) is 0 Å². The van der Waals surface area contributed by atoms with Gasteiger partial charge in [0.2, 0.25) is 5.91 Å². The maximum Gasteiger partial charge on any atom is 0.244 e. The fourth-order valence-corrected chi connectivity index (χ4v) is 1.04. The second-order valence-corrected chi connectivity index (χ2v) is 4.20. The molecule has 82 valence electrons. The molecule has 0 bridgehead atoms. The van der Waals surface area contributed by atoms with Gasteiger partial charge in [0.15, 0.2) is 0 Å². The summed E-state index contributed by atoms with van der Waals surface area (Å²) in [4.78, 5) is 11.8. The summed E-state index contributed by atoms with van der Waals surface area (Å²) in [5.74, 6) is -0.0335. The summed E-state index contributed by atoms with van der Waals surface area (Å²) < 4.78 is 0. The molecule has 0 aliphatic rings. The zero-order valence-electron chi connectivity index (χ0n) is 9.72. The van der Waals surface area contributed by atoms with Gasteiger partial charge in [0.05, 0.1) is 5.54 Å². The summed E-state index contributed by atoms with van der Waals surface area (Å²) in [6.45, 7) is 5.70. The normalized spacial score (nSPS) is 11.2. The lowest BCUT2D eigenvalue weighted by Crippen LogP contribution is -2.47. The SMILES string of the molecule is CNC(C)(C)C(=O)Nc1ccc(C)cc1. The van der Waals surface area contributed by atoms with Gasteiger partial charge in [-0.2, -0.15) is 0 Å². The van der Waals surface area contributed by atoms with Crippen molar-refractivity contribution in [2.24, 2.45) is 0 Å². The van der Waals surface area contributed by atoms with Crippen LogP contribution in [0.3, 0.4) is 0 Å². The van der Waals surface area contributed by atoms with E-state index in [0.717, 1.165) is 5.69 Å². The highest BCUT2D eigenvalue weighted by atomic mass is 16.2. The van der Waals surface area contributed by atoms with Crippen molar-refractivity contribution in [1.82, 2.24) is 5.32 Å². The molecule has 0 aromatic heterocycles. The summed E-state index contributed by atoms with van der Waals surface area (Å²) in [5, 5.41) is 5.82. The Labute approximate surface area is 90.9 Å². The van der Waals surface area contributed by atoms with Crippen molar-refractivity contribution >= 4 is 11.6 Å². The number of rotatable bonds is 3. The fraction of sp³-hybridized carbons (Fsp3) is 0.417. The molecule has 1 aromatic carbocycles. The van der Waals surface area contributed by atoms with Crippen LogP contribution >= 0.6 is 0 Å². The first-order chi connectivity index (χ1) is 6.95. The van der Waals surface area contributed by atoms with Crippen LogP contribution in [0, 0.1) is 6.92 Å². The van der Waals surface area contributed by atoms with E-state index in [-0.39, 0.29) is 5.91 Å². The molecule has 0 unspecified atom stereocenters. The van der Waals surface area contributed by atoms with Crippen LogP contribution in [0.5, 0.6) is 0 Å². The number of carbonyl (C=O) groups is 1. The summed E-state index contributed by atoms with van der Waals surface area (Å²) in [6, 6.07) is 7.75. The van der Waals surface area contributed by atoms with Gasteiger partial charge in [-0.1, -0.05) is 17.7 Å². The molecule has 2 N–H and O–H groups in total. The van der Waals surface area contributed by atoms with E-state index < -0.39 is 5.54 Å². The number of hydrogen-bond donors (Lipinski definition) is 2. The van der Waals surface area contributed by atoms with Crippen LogP contribution in [0.15, 0.2) is 24.3 Å². The van der Waals surface area contributed by atoms with Gasteiger partial charge in [0, 0.05) is 5.69 Å². The molecule has 0 atom stereocenters. The Kier molecular flexibility index (Phi) is 3.48. The summed E-state index contributed by atoms with van der Waals surface area (Å²) in [7, 11) is 1.77. The largest absolute Gasteiger partial charge is 0.325 e. The fourth-order valence-electron chi connectivity index (χ4n) is 1.04. The molecule has 15 heavy (non-hydrogen) atoms. The predicted octanol–water partition coefficient (Wildman–Crippen LogP) is 1.93. The average molecular weight is 206 g/mol. The van der Waals surface area contributed by atoms with Gasteiger partial charge in [0.1, 0.15) is 0 Å². The molecule has 1 amide bonds. The Morgan fingerprint density at radius 2 is 1.73 bits per heavy atom. The van der Waals surface area contributed by atoms with E-state index in [0.29, 0.717) is 0 Å². The molecule has 0 heterocycles. The number of hydrogen-bond acceptors (Lipinski definition) is 2. The molecule has 0 aliphatic carbocycles. The highest BCUT2D eigenvalue weighted by Gasteiger charge is 2.24. The van der Waals surface area contributed by atoms with Crippen LogP contribution in [-0.4, -0.2) is 18.5 Å². The van der Waals surface area contributed by atoms with Crippen LogP contribution in [0.2, 0.25) is 0 Å². The van der Waals surface area contributed by atoms with Crippen LogP contribution in [0.1, 0.15) is 19.4 Å². The van der Waals surface area contributed by atoms with Crippen molar-refractivity contribution in [2.45, 2.75) is 26.3 Å². The van der Waals surface area contributed by atoms with E-state index in [1.54, 1.807) is 7.05 Å². The maximum absolute atomic E-state index is 11.8. The number of anilines is 1. The third-order valence-corrected chi connectivity index (χ3v) is 2.50. The van der Waals surface area contributed by atoms with Crippen LogP contribution < -0.4 is 10.6 Å². The molecule has 3 heteroatoms. The van der Waals surface area contributed by atoms with Crippen molar-refractivity contribution in [1.29, 1.82) is 0 Å². The number of carbonyl (C=O) groups excluding carboxylic acids is 1. The molecule has 0 radical (unpaired) electrons. The van der Waals surface area contributed by atoms with Gasteiger partial charge in [-0.15, -0.1) is 0 Å². The molecule has 3 nitrogen and oxygen atoms in total. The Morgan fingerprint density at radius 1 is 1.20 bits per heavy atom. The second-order valence-electron chi connectivity index (χ2n) is 4.20. The Hall–Kier alpha value is -1.35. The predicted molar refractivity (Wildman–Crippen MR) is 62.9 cm³/mol. The van der Waals surface area contributed by atoms with Crippen molar-refractivity contribution in [2.75, 3.05) is 12.4 Å². The number of amides is 1. The summed E-state index contributed by atoms with van der Waals surface area (Å²) in [6.07, 6.45) is 0. The third kappa shape index (κ3) is 3.06. The van der Waals surface area contributed by atoms with Gasteiger partial charge in [-0.3, -0.25) is 4.79 Å². The zero-order chi connectivity index (χ0) is 11.5. The minimum absolute atomic E-state index is 0.0335. The lowest BCUT2D eigenvalue weighted by molar-refractivity contribution is -0.121. The highest BCUT2D eigenvalue weighted by molar-refractivity contribution is 5.97. The molecule has 0 fully saturated rings. The van der Waals surface area contributed by atoms with E-state index in [9.17, 15) is 4.79 Å². The van der Waals surface area contributed by atoms with Crippen molar-refractivity contribution < 1.29 is 4.79 Å². The first-order valence-electron chi connectivity index (χ1n) is 5.03. The second kappa shape index (κ2) is 4.45. The van der Waals surface area contributed by atoms with Gasteiger partial charge >= 0.3 is 0 Å². The Morgan fingerprint density at radius 3 is 2.20 bits per heavy atom. The number of aryl methyl sites for hydroxylation is 1. The summed E-state index contributed by atoms with van der Waals surface area (Å²) >= 11 is 0. The summed E-state index contributed by atoms with van der Waals surface area (Å²) in [5.41, 5.74) is 1.46. The van der Waals surface area contributed by atoms with E-state index in [1.165, 1.54) is 5.56 Å². The molecule has 0 aliphatic heterocycles. The lowest BCUT2D eigenvalue weighted by atomic mass is 10.1. The van der Waals surface area contributed by atoms with Gasteiger partial charge in [0.25, 0.3) is 0 Å². The molecule has 0 spiro atoms. The first-order valence-corrected chi connectivity index (χ1v) is 5.03. The molecule has 0 saturated carbocycles. The Balaban J connectivity index is 2.71. The highest BCUT2D eigenvalue weighted by Crippen LogP contribution is 2.11. The molecular formula is C12H18N2O. The average Bonchev–Trinajstić information content (AvgIpc) is 2.21. The van der Waals surface area contributed by atoms with E-state index in [1.807, 2.05) is 45.0 Å². The number of benzene rings is 1. The number of likely N-dealkylation sites (N-methyl/N-ethyl adjacent to an activating group) is 1. The van der Waals surface area contributed by atoms with E-state index in [2.05, 4.69) is 10.6 Å². The van der Waals surface area contributed by atoms with Crippen molar-refractivity contribution in [3.05, 3.63) is 29.8 Å². The zero-order valence-corrected chi connectivity index (χ0v) is 9.72. The van der Waals surface area contributed by atoms with Gasteiger partial charge in [-0.25, -0.2) is 0 Å². The molecule has 0 saturated heterocycles. The first kappa shape index (κ1) is 11.7. The van der Waals surface area contributed by atoms with Crippen molar-refractivity contribution in [3.63, 3.8) is 0 Å². The van der Waals surface area contributed by atoms with Crippen LogP contribution in [-0.2, 0) is 4.79 Å². The molecule has 1 rings (SSSR count). The van der Waals surface area contributed by atoms with Gasteiger partial charge < -0.3 is 10.6 Å². The van der Waals surface area contributed by atoms with Crippen LogP contribution in [0.4, 0.5) is 5.69 Å². The minimum Gasteiger partial charge on any atom is -0.325 e. The van der Waals surface area contributed by atoms with Crippen molar-refractivity contribution in [3.8, 4) is 0 Å². The minimum atomic E-state index is -0.551. The maximum atomic E-state index is 11.8. The third-order valence-electron chi connectivity index (χ3n) is 2.50. The molecular weight excluding hydrogens is 188 g/mol. The van der Waals surface area contributed by atoms with E-state index in [4.69, 9.17) is 0 Å². The topological polar surface area (TPSA) is 41.1 Å². The monoisotopic (exact) mass is 206 g/mol. The Bertz CT molecular complexity index is 341. The number of nitrogens with one attached hydrogen (secondary N) is 2. The van der Waals surface area contributed by atoms with Gasteiger partial charge in [-0.05, 0) is 40.0 Å². The standard InChI is InChI=1S/C12H18N2O/c1-9-5-7-10(8-6-9)14-11(15)12(2,3)13-4/h5-8,13H,1-4H3,(H,14,15). The smallest absolute Gasteiger partial charge is 0.244 e. The van der Waals surface area contributed by atoms with E-state index >= 15 is 0 Å². The quantitative estimate of drug-likeness (QED) is 0.793. The lowest BCUT2D eigenvalue weighted by Gasteiger charge is -2.22.